The van der Waals surface area contributed by atoms with Gasteiger partial charge in [-0.2, -0.15) is 0 Å². The van der Waals surface area contributed by atoms with Gasteiger partial charge in [-0.05, 0) is 12.8 Å². The lowest BCUT2D eigenvalue weighted by Gasteiger charge is -2.19. The second-order valence-electron chi connectivity index (χ2n) is 6.28. The molecule has 1 unspecified atom stereocenters. The summed E-state index contributed by atoms with van der Waals surface area (Å²) in [4.78, 5) is 10.7. The molecule has 0 spiro atoms. The number of nitrogens with two attached hydrogens (primary N) is 1. The van der Waals surface area contributed by atoms with Crippen LogP contribution in [0.5, 0.6) is 0 Å². The molecule has 1 atom stereocenters. The molecule has 0 bridgehead atoms. The van der Waals surface area contributed by atoms with Crippen LogP contribution in [0.2, 0.25) is 0 Å². The molecule has 0 radical (unpaired) electrons. The molecule has 3 N–H and O–H groups in total. The Hall–Kier alpha value is -1.90. The maximum Gasteiger partial charge on any atom is 0.320 e. The molecule has 0 amide bonds. The number of hydrogen-bond acceptors (Lipinski definition) is 3. The number of rotatable bonds is 10. The average molecular weight is 359 g/mol. The van der Waals surface area contributed by atoms with Gasteiger partial charge in [-0.15, -0.1) is 0 Å². The monoisotopic (exact) mass is 359 g/mol. The summed E-state index contributed by atoms with van der Waals surface area (Å²) in [5.41, 5.74) is 5.51. The molecular weight excluding hydrogens is 333 g/mol. The van der Waals surface area contributed by atoms with Crippen LogP contribution in [0.15, 0.2) is 60.7 Å². The molecule has 2 aromatic carbocycles. The van der Waals surface area contributed by atoms with Crippen molar-refractivity contribution in [2.45, 2.75) is 38.1 Å². The predicted molar refractivity (Wildman–Crippen MR) is 103 cm³/mol. The molecule has 0 aliphatic carbocycles. The van der Waals surface area contributed by atoms with Gasteiger partial charge in [-0.1, -0.05) is 79.9 Å². The van der Waals surface area contributed by atoms with Crippen LogP contribution in [0, 0.1) is 0 Å². The lowest BCUT2D eigenvalue weighted by molar-refractivity contribution is -0.138. The Morgan fingerprint density at radius 3 is 1.84 bits per heavy atom. The molecule has 2 aromatic rings. The molecule has 0 aliphatic heterocycles. The number of carboxylic acids is 1. The van der Waals surface area contributed by atoms with Crippen molar-refractivity contribution in [3.8, 4) is 0 Å². The van der Waals surface area contributed by atoms with E-state index < -0.39 is 19.2 Å². The minimum atomic E-state index is -2.63. The Bertz CT molecular complexity index is 660. The largest absolute Gasteiger partial charge is 0.480 e. The zero-order valence-electron chi connectivity index (χ0n) is 14.4. The van der Waals surface area contributed by atoms with Crippen LogP contribution in [0.1, 0.15) is 32.1 Å². The van der Waals surface area contributed by atoms with Crippen LogP contribution in [-0.4, -0.2) is 23.3 Å². The first kappa shape index (κ1) is 19.4. The quantitative estimate of drug-likeness (QED) is 0.503. The fraction of sp³-hybridized carbons (Fsp3) is 0.350. The summed E-state index contributed by atoms with van der Waals surface area (Å²) < 4.78 is 13.7. The summed E-state index contributed by atoms with van der Waals surface area (Å²) in [5.74, 6) is -0.947. The van der Waals surface area contributed by atoms with Gasteiger partial charge in [-0.25, -0.2) is 0 Å². The Morgan fingerprint density at radius 1 is 0.880 bits per heavy atom. The van der Waals surface area contributed by atoms with Crippen molar-refractivity contribution >= 4 is 23.7 Å². The van der Waals surface area contributed by atoms with E-state index in [1.54, 1.807) is 0 Å². The van der Waals surface area contributed by atoms with Gasteiger partial charge in [0.05, 0.1) is 0 Å². The van der Waals surface area contributed by atoms with Gasteiger partial charge in [0.2, 0.25) is 0 Å². The molecule has 4 nitrogen and oxygen atoms in total. The van der Waals surface area contributed by atoms with E-state index in [-0.39, 0.29) is 0 Å². The summed E-state index contributed by atoms with van der Waals surface area (Å²) >= 11 is 0. The first-order valence-electron chi connectivity index (χ1n) is 8.73. The third-order valence-corrected chi connectivity index (χ3v) is 7.61. The third-order valence-electron chi connectivity index (χ3n) is 4.40. The number of unbranched alkanes of at least 4 members (excludes halogenated alkanes) is 3. The molecule has 5 heteroatoms. The molecule has 0 saturated carbocycles. The highest BCUT2D eigenvalue weighted by atomic mass is 31.2. The van der Waals surface area contributed by atoms with E-state index in [0.717, 1.165) is 36.3 Å². The molecule has 0 saturated heterocycles. The van der Waals surface area contributed by atoms with Gasteiger partial charge in [0.25, 0.3) is 0 Å². The van der Waals surface area contributed by atoms with Gasteiger partial charge in [0.15, 0.2) is 0 Å². The van der Waals surface area contributed by atoms with Crippen molar-refractivity contribution in [1.29, 1.82) is 0 Å². The Balaban J connectivity index is 1.95. The van der Waals surface area contributed by atoms with Crippen LogP contribution >= 0.6 is 7.14 Å². The lowest BCUT2D eigenvalue weighted by atomic mass is 10.1. The highest BCUT2D eigenvalue weighted by Gasteiger charge is 2.26. The minimum absolute atomic E-state index is 0.490. The number of carboxylic acid groups (broad SMARTS) is 1. The molecule has 25 heavy (non-hydrogen) atoms. The van der Waals surface area contributed by atoms with Gasteiger partial charge in [-0.3, -0.25) is 4.79 Å². The first-order chi connectivity index (χ1) is 12.0. The van der Waals surface area contributed by atoms with Gasteiger partial charge < -0.3 is 15.4 Å². The zero-order chi connectivity index (χ0) is 18.1. The van der Waals surface area contributed by atoms with Gasteiger partial charge in [0.1, 0.15) is 13.2 Å². The first-order valence-corrected chi connectivity index (χ1v) is 10.6. The Labute approximate surface area is 149 Å². The van der Waals surface area contributed by atoms with E-state index in [4.69, 9.17) is 10.8 Å². The van der Waals surface area contributed by atoms with E-state index in [1.165, 1.54) is 0 Å². The van der Waals surface area contributed by atoms with Crippen LogP contribution in [0.4, 0.5) is 0 Å². The molecule has 0 aromatic heterocycles. The standard InChI is InChI=1S/C20H26NO3P/c21-19(20(22)23)15-9-1-2-10-16-25(24,17-11-5-3-6-12-17)18-13-7-4-8-14-18/h3-8,11-14,19H,1-2,9-10,15-16,21H2,(H,22,23). The smallest absolute Gasteiger partial charge is 0.320 e. The summed E-state index contributed by atoms with van der Waals surface area (Å²) in [5, 5.41) is 10.6. The van der Waals surface area contributed by atoms with Crippen molar-refractivity contribution in [1.82, 2.24) is 0 Å². The number of hydrogen-bond donors (Lipinski definition) is 2. The van der Waals surface area contributed by atoms with Crippen molar-refractivity contribution in [2.75, 3.05) is 6.16 Å². The number of aliphatic carboxylic acids is 1. The topological polar surface area (TPSA) is 80.4 Å². The normalized spacial score (nSPS) is 12.7. The maximum atomic E-state index is 13.7. The predicted octanol–water partition coefficient (Wildman–Crippen LogP) is 3.36. The second kappa shape index (κ2) is 9.55. The summed E-state index contributed by atoms with van der Waals surface area (Å²) in [7, 11) is -2.63. The highest BCUT2D eigenvalue weighted by molar-refractivity contribution is 7.78. The third kappa shape index (κ3) is 5.55. The van der Waals surface area contributed by atoms with Crippen LogP contribution in [0.3, 0.4) is 0 Å². The average Bonchev–Trinajstić information content (AvgIpc) is 2.65. The molecule has 0 heterocycles. The fourth-order valence-electron chi connectivity index (χ4n) is 2.92. The van der Waals surface area contributed by atoms with Crippen molar-refractivity contribution in [3.63, 3.8) is 0 Å². The Kier molecular flexibility index (Phi) is 7.42. The van der Waals surface area contributed by atoms with Crippen LogP contribution in [-0.2, 0) is 9.36 Å². The van der Waals surface area contributed by atoms with E-state index in [2.05, 4.69) is 0 Å². The van der Waals surface area contributed by atoms with E-state index in [0.29, 0.717) is 12.6 Å². The van der Waals surface area contributed by atoms with Crippen molar-refractivity contribution < 1.29 is 14.5 Å². The second-order valence-corrected chi connectivity index (χ2v) is 9.24. The zero-order valence-corrected chi connectivity index (χ0v) is 15.3. The van der Waals surface area contributed by atoms with E-state index in [9.17, 15) is 9.36 Å². The fourth-order valence-corrected chi connectivity index (χ4v) is 5.71. The van der Waals surface area contributed by atoms with Gasteiger partial charge in [0, 0.05) is 16.8 Å². The minimum Gasteiger partial charge on any atom is -0.480 e. The summed E-state index contributed by atoms with van der Waals surface area (Å²) in [6.07, 6.45) is 4.59. The lowest BCUT2D eigenvalue weighted by Crippen LogP contribution is -2.29. The van der Waals surface area contributed by atoms with Crippen LogP contribution < -0.4 is 16.3 Å². The SMILES string of the molecule is NC(CCCCCCP(=O)(c1ccccc1)c1ccccc1)C(=O)O. The Morgan fingerprint density at radius 2 is 1.36 bits per heavy atom. The molecule has 2 rings (SSSR count). The highest BCUT2D eigenvalue weighted by Crippen LogP contribution is 2.44. The number of benzene rings is 2. The molecular formula is C20H26NO3P. The van der Waals surface area contributed by atoms with Crippen LogP contribution in [0.25, 0.3) is 0 Å². The van der Waals surface area contributed by atoms with Gasteiger partial charge >= 0.3 is 5.97 Å². The van der Waals surface area contributed by atoms with E-state index >= 15 is 0 Å². The summed E-state index contributed by atoms with van der Waals surface area (Å²) in [6.45, 7) is 0. The number of carbonyl (C=O) groups is 1. The van der Waals surface area contributed by atoms with E-state index in [1.807, 2.05) is 60.7 Å². The molecule has 0 aliphatic rings. The molecule has 0 fully saturated rings. The maximum absolute atomic E-state index is 13.7. The van der Waals surface area contributed by atoms with Crippen molar-refractivity contribution in [2.24, 2.45) is 5.73 Å². The molecule has 134 valence electrons. The van der Waals surface area contributed by atoms with Crippen molar-refractivity contribution in [3.05, 3.63) is 60.7 Å². The summed E-state index contributed by atoms with van der Waals surface area (Å²) in [6, 6.07) is 18.6.